The molecule has 0 nitrogen and oxygen atoms in total. The average Bonchev–Trinajstić information content (AvgIpc) is 2.74. The summed E-state index contributed by atoms with van der Waals surface area (Å²) in [4.78, 5) is 0. The Kier molecular flexibility index (Phi) is 4.41. The van der Waals surface area contributed by atoms with Crippen molar-refractivity contribution < 1.29 is 0 Å². The van der Waals surface area contributed by atoms with Crippen molar-refractivity contribution in [2.45, 2.75) is 52.9 Å². The third-order valence-corrected chi connectivity index (χ3v) is 3.66. The third kappa shape index (κ3) is 2.93. The van der Waals surface area contributed by atoms with Crippen LogP contribution in [0.5, 0.6) is 0 Å². The summed E-state index contributed by atoms with van der Waals surface area (Å²) >= 11 is 0. The van der Waals surface area contributed by atoms with Crippen LogP contribution in [0.2, 0.25) is 0 Å². The van der Waals surface area contributed by atoms with E-state index in [0.29, 0.717) is 0 Å². The first-order valence-electron chi connectivity index (χ1n) is 7.23. The highest BCUT2D eigenvalue weighted by atomic mass is 14.2. The van der Waals surface area contributed by atoms with Crippen molar-refractivity contribution in [1.82, 2.24) is 0 Å². The second-order valence-corrected chi connectivity index (χ2v) is 5.36. The molecule has 1 aromatic rings. The fourth-order valence-electron chi connectivity index (χ4n) is 2.75. The van der Waals surface area contributed by atoms with Crippen LogP contribution in [0, 0.1) is 6.92 Å². The quantitative estimate of drug-likeness (QED) is 0.621. The maximum Gasteiger partial charge on any atom is -0.00959 e. The first kappa shape index (κ1) is 13.1. The Morgan fingerprint density at radius 3 is 2.22 bits per heavy atom. The smallest absolute Gasteiger partial charge is 0.00959 e. The van der Waals surface area contributed by atoms with Crippen LogP contribution < -0.4 is 0 Å². The van der Waals surface area contributed by atoms with E-state index < -0.39 is 0 Å². The summed E-state index contributed by atoms with van der Waals surface area (Å²) in [6.07, 6.45) is 8.66. The molecule has 0 aromatic heterocycles. The first-order chi connectivity index (χ1) is 8.74. The van der Waals surface area contributed by atoms with Gasteiger partial charge in [0.05, 0.1) is 0 Å². The van der Waals surface area contributed by atoms with Crippen LogP contribution in [0.25, 0.3) is 5.57 Å². The molecule has 1 aromatic carbocycles. The molecule has 0 atom stereocenters. The summed E-state index contributed by atoms with van der Waals surface area (Å²) in [5.41, 5.74) is 7.50. The van der Waals surface area contributed by atoms with Crippen LogP contribution in [-0.2, 0) is 0 Å². The van der Waals surface area contributed by atoms with Gasteiger partial charge in [-0.25, -0.2) is 0 Å². The molecule has 0 N–H and O–H groups in total. The number of aryl methyl sites for hydroxylation is 1. The highest BCUT2D eigenvalue weighted by molar-refractivity contribution is 5.80. The lowest BCUT2D eigenvalue weighted by Crippen LogP contribution is -1.86. The second kappa shape index (κ2) is 6.04. The van der Waals surface area contributed by atoms with Gasteiger partial charge >= 0.3 is 0 Å². The van der Waals surface area contributed by atoms with Crippen molar-refractivity contribution in [1.29, 1.82) is 0 Å². The van der Waals surface area contributed by atoms with Crippen LogP contribution in [0.4, 0.5) is 0 Å². The van der Waals surface area contributed by atoms with Gasteiger partial charge in [-0.05, 0) is 37.3 Å². The lowest BCUT2D eigenvalue weighted by molar-refractivity contribution is 0.833. The number of hydrogen-bond donors (Lipinski definition) is 0. The fourth-order valence-corrected chi connectivity index (χ4v) is 2.75. The highest BCUT2D eigenvalue weighted by Gasteiger charge is 2.15. The van der Waals surface area contributed by atoms with Crippen molar-refractivity contribution >= 4 is 5.57 Å². The first-order valence-corrected chi connectivity index (χ1v) is 7.23. The standard InChI is InChI=1S/C18H24/c1-4-6-15-12-17(7-5-2)18(13-15)16-10-8-14(3)9-11-16/h8-11,13H,4-7,12H2,1-3H3. The van der Waals surface area contributed by atoms with E-state index in [2.05, 4.69) is 51.1 Å². The van der Waals surface area contributed by atoms with Crippen LogP contribution in [0.3, 0.4) is 0 Å². The Balaban J connectivity index is 2.29. The predicted octanol–water partition coefficient (Wildman–Crippen LogP) is 5.68. The molecule has 18 heavy (non-hydrogen) atoms. The summed E-state index contributed by atoms with van der Waals surface area (Å²) < 4.78 is 0. The van der Waals surface area contributed by atoms with Crippen LogP contribution in [0.15, 0.2) is 41.5 Å². The Bertz CT molecular complexity index is 457. The van der Waals surface area contributed by atoms with E-state index in [1.165, 1.54) is 48.8 Å². The zero-order chi connectivity index (χ0) is 13.0. The summed E-state index contributed by atoms with van der Waals surface area (Å²) in [5, 5.41) is 0. The number of hydrogen-bond acceptors (Lipinski definition) is 0. The largest absolute Gasteiger partial charge is 0.0655 e. The van der Waals surface area contributed by atoms with Gasteiger partial charge in [0.25, 0.3) is 0 Å². The van der Waals surface area contributed by atoms with Crippen molar-refractivity contribution in [3.63, 3.8) is 0 Å². The number of rotatable bonds is 5. The van der Waals surface area contributed by atoms with Gasteiger partial charge in [0.2, 0.25) is 0 Å². The van der Waals surface area contributed by atoms with E-state index in [1.54, 1.807) is 11.1 Å². The van der Waals surface area contributed by atoms with Crippen LogP contribution >= 0.6 is 0 Å². The zero-order valence-corrected chi connectivity index (χ0v) is 11.9. The Morgan fingerprint density at radius 1 is 0.944 bits per heavy atom. The SMILES string of the molecule is CCCC1=CC(c2ccc(C)cc2)=C(CCC)C1. The van der Waals surface area contributed by atoms with E-state index in [-0.39, 0.29) is 0 Å². The molecule has 0 saturated carbocycles. The van der Waals surface area contributed by atoms with Gasteiger partial charge in [0.1, 0.15) is 0 Å². The van der Waals surface area contributed by atoms with E-state index in [9.17, 15) is 0 Å². The normalized spacial score (nSPS) is 15.2. The van der Waals surface area contributed by atoms with E-state index in [1.807, 2.05) is 0 Å². The summed E-state index contributed by atoms with van der Waals surface area (Å²) in [5.74, 6) is 0. The van der Waals surface area contributed by atoms with E-state index in [0.717, 1.165) is 0 Å². The molecule has 1 aliphatic rings. The van der Waals surface area contributed by atoms with Gasteiger partial charge in [0.15, 0.2) is 0 Å². The minimum Gasteiger partial charge on any atom is -0.0655 e. The molecule has 0 aliphatic heterocycles. The van der Waals surface area contributed by atoms with E-state index in [4.69, 9.17) is 0 Å². The minimum atomic E-state index is 1.21. The molecule has 0 heteroatoms. The van der Waals surface area contributed by atoms with Crippen molar-refractivity contribution in [2.75, 3.05) is 0 Å². The molecule has 0 unspecified atom stereocenters. The van der Waals surface area contributed by atoms with Crippen molar-refractivity contribution in [2.24, 2.45) is 0 Å². The zero-order valence-electron chi connectivity index (χ0n) is 11.9. The Hall–Kier alpha value is -1.30. The second-order valence-electron chi connectivity index (χ2n) is 5.36. The molecule has 0 bridgehead atoms. The fraction of sp³-hybridized carbons (Fsp3) is 0.444. The van der Waals surface area contributed by atoms with Gasteiger partial charge in [-0.1, -0.05) is 73.7 Å². The number of allylic oxidation sites excluding steroid dienone is 4. The van der Waals surface area contributed by atoms with Gasteiger partial charge < -0.3 is 0 Å². The van der Waals surface area contributed by atoms with Crippen molar-refractivity contribution in [3.05, 3.63) is 52.6 Å². The summed E-state index contributed by atoms with van der Waals surface area (Å²) in [6.45, 7) is 6.69. The Morgan fingerprint density at radius 2 is 1.61 bits per heavy atom. The maximum absolute atomic E-state index is 2.44. The van der Waals surface area contributed by atoms with Crippen LogP contribution in [0.1, 0.15) is 57.1 Å². The lowest BCUT2D eigenvalue weighted by atomic mass is 9.98. The molecular formula is C18H24. The number of benzene rings is 1. The average molecular weight is 240 g/mol. The van der Waals surface area contributed by atoms with Gasteiger partial charge in [-0.3, -0.25) is 0 Å². The molecule has 1 aliphatic carbocycles. The van der Waals surface area contributed by atoms with Gasteiger partial charge in [-0.15, -0.1) is 0 Å². The molecular weight excluding hydrogens is 216 g/mol. The predicted molar refractivity (Wildman–Crippen MR) is 80.6 cm³/mol. The van der Waals surface area contributed by atoms with Gasteiger partial charge in [-0.2, -0.15) is 0 Å². The van der Waals surface area contributed by atoms with Crippen molar-refractivity contribution in [3.8, 4) is 0 Å². The highest BCUT2D eigenvalue weighted by Crippen LogP contribution is 2.36. The summed E-state index contributed by atoms with van der Waals surface area (Å²) in [6, 6.07) is 8.98. The maximum atomic E-state index is 2.44. The molecule has 96 valence electrons. The molecule has 0 heterocycles. The molecule has 2 rings (SSSR count). The molecule has 0 radical (unpaired) electrons. The third-order valence-electron chi connectivity index (χ3n) is 3.66. The van der Waals surface area contributed by atoms with Gasteiger partial charge in [0, 0.05) is 0 Å². The summed E-state index contributed by atoms with van der Waals surface area (Å²) in [7, 11) is 0. The monoisotopic (exact) mass is 240 g/mol. The molecule has 0 amide bonds. The Labute approximate surface area is 111 Å². The van der Waals surface area contributed by atoms with E-state index >= 15 is 0 Å². The molecule has 0 fully saturated rings. The minimum absolute atomic E-state index is 1.21. The van der Waals surface area contributed by atoms with Crippen LogP contribution in [-0.4, -0.2) is 0 Å². The molecule has 0 spiro atoms. The lowest BCUT2D eigenvalue weighted by Gasteiger charge is -2.07. The topological polar surface area (TPSA) is 0 Å². The molecule has 0 saturated heterocycles.